The van der Waals surface area contributed by atoms with E-state index in [0.717, 1.165) is 22.5 Å². The second kappa shape index (κ2) is 7.59. The van der Waals surface area contributed by atoms with Crippen molar-refractivity contribution in [1.29, 1.82) is 0 Å². The van der Waals surface area contributed by atoms with E-state index in [1.54, 1.807) is 14.5 Å². The van der Waals surface area contributed by atoms with E-state index >= 15 is 0 Å². The molecule has 2 aromatic carbocycles. The highest BCUT2D eigenvalue weighted by atomic mass is 16.2. The molecule has 1 aliphatic heterocycles. The van der Waals surface area contributed by atoms with E-state index in [1.807, 2.05) is 55.5 Å². The van der Waals surface area contributed by atoms with Gasteiger partial charge < -0.3 is 9.80 Å². The molecule has 4 rings (SSSR count). The van der Waals surface area contributed by atoms with Crippen LogP contribution < -0.4 is 4.90 Å². The molecule has 2 heterocycles. The van der Waals surface area contributed by atoms with Gasteiger partial charge in [-0.2, -0.15) is 0 Å². The summed E-state index contributed by atoms with van der Waals surface area (Å²) in [4.78, 5) is 28.5. The molecule has 0 radical (unpaired) electrons. The minimum absolute atomic E-state index is 0.0490. The molecule has 0 saturated carbocycles. The molecule has 0 atom stereocenters. The molecule has 8 nitrogen and oxygen atoms in total. The van der Waals surface area contributed by atoms with Gasteiger partial charge in [-0.15, -0.1) is 5.10 Å². The Hall–Kier alpha value is -3.55. The molecule has 1 aliphatic rings. The van der Waals surface area contributed by atoms with Gasteiger partial charge in [0.15, 0.2) is 0 Å². The maximum absolute atomic E-state index is 12.6. The number of tetrazole rings is 1. The molecule has 28 heavy (non-hydrogen) atoms. The van der Waals surface area contributed by atoms with Crippen LogP contribution in [0.3, 0.4) is 0 Å². The van der Waals surface area contributed by atoms with Crippen LogP contribution in [-0.4, -0.2) is 56.6 Å². The molecule has 3 aromatic rings. The summed E-state index contributed by atoms with van der Waals surface area (Å²) in [7, 11) is 0. The maximum Gasteiger partial charge on any atom is 0.246 e. The van der Waals surface area contributed by atoms with Crippen LogP contribution >= 0.6 is 0 Å². The quantitative estimate of drug-likeness (QED) is 0.687. The van der Waals surface area contributed by atoms with Crippen molar-refractivity contribution >= 4 is 17.5 Å². The first-order chi connectivity index (χ1) is 13.6. The van der Waals surface area contributed by atoms with E-state index in [9.17, 15) is 9.59 Å². The van der Waals surface area contributed by atoms with Gasteiger partial charge in [0.2, 0.25) is 11.8 Å². The zero-order chi connectivity index (χ0) is 19.5. The lowest BCUT2D eigenvalue weighted by atomic mass is 10.1. The van der Waals surface area contributed by atoms with Crippen LogP contribution in [0.2, 0.25) is 0 Å². The summed E-state index contributed by atoms with van der Waals surface area (Å²) >= 11 is 0. The van der Waals surface area contributed by atoms with E-state index in [1.165, 1.54) is 6.33 Å². The van der Waals surface area contributed by atoms with Gasteiger partial charge in [-0.3, -0.25) is 9.59 Å². The zero-order valence-corrected chi connectivity index (χ0v) is 15.5. The molecule has 0 unspecified atom stereocenters. The molecule has 2 amide bonds. The van der Waals surface area contributed by atoms with Crippen LogP contribution in [-0.2, 0) is 16.0 Å². The monoisotopic (exact) mass is 376 g/mol. The fourth-order valence-corrected chi connectivity index (χ4v) is 3.22. The molecular weight excluding hydrogens is 356 g/mol. The van der Waals surface area contributed by atoms with E-state index < -0.39 is 0 Å². The van der Waals surface area contributed by atoms with Crippen molar-refractivity contribution in [2.45, 2.75) is 13.3 Å². The second-order valence-electron chi connectivity index (χ2n) is 6.79. The molecular formula is C20H20N6O2. The van der Waals surface area contributed by atoms with Gasteiger partial charge in [0.25, 0.3) is 0 Å². The number of anilines is 1. The molecule has 1 saturated heterocycles. The number of aromatic nitrogens is 4. The largest absolute Gasteiger partial charge is 0.331 e. The van der Waals surface area contributed by atoms with Gasteiger partial charge in [-0.05, 0) is 47.2 Å². The number of carbonyl (C=O) groups is 2. The summed E-state index contributed by atoms with van der Waals surface area (Å²) < 4.78 is 1.55. The van der Waals surface area contributed by atoms with Gasteiger partial charge >= 0.3 is 0 Å². The fraction of sp³-hybridized carbons (Fsp3) is 0.250. The number of piperazine rings is 1. The molecule has 0 aliphatic carbocycles. The highest BCUT2D eigenvalue weighted by molar-refractivity contribution is 5.98. The summed E-state index contributed by atoms with van der Waals surface area (Å²) in [6.45, 7) is 3.15. The normalized spacial score (nSPS) is 14.4. The number of carbonyl (C=O) groups excluding carboxylic acids is 2. The van der Waals surface area contributed by atoms with Crippen molar-refractivity contribution in [1.82, 2.24) is 25.1 Å². The average Bonchev–Trinajstić information content (AvgIpc) is 3.24. The predicted octanol–water partition coefficient (Wildman–Crippen LogP) is 1.39. The molecule has 0 spiro atoms. The summed E-state index contributed by atoms with van der Waals surface area (Å²) in [6, 6.07) is 15.3. The lowest BCUT2D eigenvalue weighted by Gasteiger charge is -2.34. The van der Waals surface area contributed by atoms with Crippen LogP contribution in [0.4, 0.5) is 5.69 Å². The molecule has 1 fully saturated rings. The average molecular weight is 376 g/mol. The Morgan fingerprint density at radius 3 is 2.36 bits per heavy atom. The van der Waals surface area contributed by atoms with Crippen LogP contribution in [0.1, 0.15) is 11.1 Å². The van der Waals surface area contributed by atoms with E-state index in [-0.39, 0.29) is 24.8 Å². The lowest BCUT2D eigenvalue weighted by Crippen LogP contribution is -2.52. The second-order valence-corrected chi connectivity index (χ2v) is 6.79. The van der Waals surface area contributed by atoms with Crippen molar-refractivity contribution in [3.63, 3.8) is 0 Å². The zero-order valence-electron chi connectivity index (χ0n) is 15.5. The first-order valence-electron chi connectivity index (χ1n) is 9.07. The smallest absolute Gasteiger partial charge is 0.246 e. The molecule has 0 bridgehead atoms. The number of benzene rings is 2. The Kier molecular flexibility index (Phi) is 4.84. The van der Waals surface area contributed by atoms with Crippen molar-refractivity contribution < 1.29 is 9.59 Å². The lowest BCUT2D eigenvalue weighted by molar-refractivity contribution is -0.136. The van der Waals surface area contributed by atoms with Gasteiger partial charge in [0.05, 0.1) is 12.1 Å². The van der Waals surface area contributed by atoms with Crippen LogP contribution in [0, 0.1) is 6.92 Å². The minimum Gasteiger partial charge on any atom is -0.331 e. The Morgan fingerprint density at radius 2 is 1.71 bits per heavy atom. The van der Waals surface area contributed by atoms with E-state index in [2.05, 4.69) is 15.5 Å². The third-order valence-electron chi connectivity index (χ3n) is 4.82. The van der Waals surface area contributed by atoms with Crippen LogP contribution in [0.5, 0.6) is 0 Å². The first-order valence-corrected chi connectivity index (χ1v) is 9.07. The van der Waals surface area contributed by atoms with Crippen LogP contribution in [0.25, 0.3) is 5.69 Å². The summed E-state index contributed by atoms with van der Waals surface area (Å²) in [5, 5.41) is 11.0. The summed E-state index contributed by atoms with van der Waals surface area (Å²) in [5.41, 5.74) is 3.73. The summed E-state index contributed by atoms with van der Waals surface area (Å²) in [6.07, 6.45) is 1.77. The van der Waals surface area contributed by atoms with Gasteiger partial charge in [0, 0.05) is 18.8 Å². The third kappa shape index (κ3) is 3.75. The standard InChI is InChI=1S/C20H20N6O2/c1-15-2-6-17(7-3-15)25-11-10-24(13-20(25)28)19(27)12-16-4-8-18(9-5-16)26-14-21-22-23-26/h2-9,14H,10-13H2,1H3. The molecule has 0 N–H and O–H groups in total. The predicted molar refractivity (Wildman–Crippen MR) is 103 cm³/mol. The number of amides is 2. The first kappa shape index (κ1) is 17.8. The third-order valence-corrected chi connectivity index (χ3v) is 4.82. The van der Waals surface area contributed by atoms with Gasteiger partial charge in [-0.1, -0.05) is 29.8 Å². The molecule has 1 aromatic heterocycles. The molecule has 8 heteroatoms. The Bertz CT molecular complexity index is 967. The highest BCUT2D eigenvalue weighted by Gasteiger charge is 2.27. The van der Waals surface area contributed by atoms with Gasteiger partial charge in [0.1, 0.15) is 12.9 Å². The fourth-order valence-electron chi connectivity index (χ4n) is 3.22. The SMILES string of the molecule is Cc1ccc(N2CCN(C(=O)Cc3ccc(-n4cnnn4)cc3)CC2=O)cc1. The highest BCUT2D eigenvalue weighted by Crippen LogP contribution is 2.18. The van der Waals surface area contributed by atoms with E-state index in [4.69, 9.17) is 0 Å². The summed E-state index contributed by atoms with van der Waals surface area (Å²) in [5.74, 6) is -0.107. The number of aryl methyl sites for hydroxylation is 1. The van der Waals surface area contributed by atoms with E-state index in [0.29, 0.717) is 13.1 Å². The van der Waals surface area contributed by atoms with Crippen molar-refractivity contribution in [3.8, 4) is 5.69 Å². The number of rotatable bonds is 4. The topological polar surface area (TPSA) is 84.2 Å². The maximum atomic E-state index is 12.6. The Balaban J connectivity index is 1.37. The van der Waals surface area contributed by atoms with Crippen molar-refractivity contribution in [2.24, 2.45) is 0 Å². The molecule has 142 valence electrons. The number of hydrogen-bond donors (Lipinski definition) is 0. The van der Waals surface area contributed by atoms with Gasteiger partial charge in [-0.25, -0.2) is 4.68 Å². The van der Waals surface area contributed by atoms with Crippen molar-refractivity contribution in [3.05, 3.63) is 66.0 Å². The van der Waals surface area contributed by atoms with Crippen molar-refractivity contribution in [2.75, 3.05) is 24.5 Å². The number of nitrogens with zero attached hydrogens (tertiary/aromatic N) is 6. The minimum atomic E-state index is -0.0579. The number of hydrogen-bond acceptors (Lipinski definition) is 5. The van der Waals surface area contributed by atoms with Crippen LogP contribution in [0.15, 0.2) is 54.9 Å². The Labute approximate surface area is 162 Å². The Morgan fingerprint density at radius 1 is 1.00 bits per heavy atom.